The Hall–Kier alpha value is -1.84. The number of anilines is 1. The summed E-state index contributed by atoms with van der Waals surface area (Å²) in [6.07, 6.45) is 4.20. The monoisotopic (exact) mass is 315 g/mol. The van der Waals surface area contributed by atoms with E-state index in [-0.39, 0.29) is 0 Å². The Kier molecular flexibility index (Phi) is 3.95. The molecule has 4 heteroatoms. The van der Waals surface area contributed by atoms with Crippen LogP contribution in [0.15, 0.2) is 48.5 Å². The fourth-order valence-electron chi connectivity index (χ4n) is 2.39. The maximum atomic E-state index is 5.88. The molecule has 0 saturated carbocycles. The number of ether oxygens (including phenoxy) is 1. The summed E-state index contributed by atoms with van der Waals surface area (Å²) in [6, 6.07) is 13.4. The number of rotatable bonds is 1. The van der Waals surface area contributed by atoms with Crippen LogP contribution in [0.3, 0.4) is 0 Å². The van der Waals surface area contributed by atoms with Crippen LogP contribution in [0.25, 0.3) is 6.08 Å². The van der Waals surface area contributed by atoms with Gasteiger partial charge in [0.2, 0.25) is 0 Å². The number of nitrogens with zero attached hydrogens (tertiary/aromatic N) is 1. The molecule has 0 saturated heterocycles. The Balaban J connectivity index is 1.86. The first kappa shape index (κ1) is 14.1. The molecule has 3 rings (SSSR count). The summed E-state index contributed by atoms with van der Waals surface area (Å²) >= 11 is 11.3. The first-order chi connectivity index (χ1) is 10.1. The Morgan fingerprint density at radius 2 is 1.95 bits per heavy atom. The summed E-state index contributed by atoms with van der Waals surface area (Å²) in [7, 11) is 0. The van der Waals surface area contributed by atoms with Gasteiger partial charge in [-0.15, -0.1) is 0 Å². The highest BCUT2D eigenvalue weighted by molar-refractivity contribution is 7.80. The molecular formula is C17H14ClNOS. The molecule has 0 N–H and O–H groups in total. The maximum absolute atomic E-state index is 5.88. The second-order valence-corrected chi connectivity index (χ2v) is 5.63. The van der Waals surface area contributed by atoms with Gasteiger partial charge < -0.3 is 4.74 Å². The number of hydrogen-bond donors (Lipinski definition) is 0. The summed E-state index contributed by atoms with van der Waals surface area (Å²) in [6.45, 7) is 2.79. The topological polar surface area (TPSA) is 12.5 Å². The zero-order valence-corrected chi connectivity index (χ0v) is 13.1. The Morgan fingerprint density at radius 1 is 1.19 bits per heavy atom. The van der Waals surface area contributed by atoms with Gasteiger partial charge in [0.1, 0.15) is 5.75 Å². The van der Waals surface area contributed by atoms with Crippen LogP contribution in [0.2, 0.25) is 5.02 Å². The van der Waals surface area contributed by atoms with Crippen molar-refractivity contribution in [3.63, 3.8) is 0 Å². The lowest BCUT2D eigenvalue weighted by molar-refractivity contribution is 0.549. The fourth-order valence-corrected chi connectivity index (χ4v) is 2.77. The maximum Gasteiger partial charge on any atom is 0.269 e. The van der Waals surface area contributed by atoms with Crippen molar-refractivity contribution in [1.82, 2.24) is 0 Å². The van der Waals surface area contributed by atoms with Crippen LogP contribution in [-0.4, -0.2) is 11.7 Å². The normalized spacial score (nSPS) is 13.0. The number of hydrogen-bond acceptors (Lipinski definition) is 2. The van der Waals surface area contributed by atoms with E-state index in [9.17, 15) is 0 Å². The second-order valence-electron chi connectivity index (χ2n) is 4.85. The van der Waals surface area contributed by atoms with Crippen molar-refractivity contribution in [2.24, 2.45) is 0 Å². The minimum absolute atomic E-state index is 0.442. The van der Waals surface area contributed by atoms with E-state index < -0.39 is 0 Å². The molecule has 0 aromatic heterocycles. The molecule has 0 fully saturated rings. The lowest BCUT2D eigenvalue weighted by Gasteiger charge is -2.29. The summed E-state index contributed by atoms with van der Waals surface area (Å²) in [5.74, 6) is 0.689. The lowest BCUT2D eigenvalue weighted by atomic mass is 10.0. The van der Waals surface area contributed by atoms with Gasteiger partial charge in [-0.25, -0.2) is 0 Å². The number of halogens is 1. The lowest BCUT2D eigenvalue weighted by Crippen LogP contribution is -2.35. The Morgan fingerprint density at radius 3 is 2.71 bits per heavy atom. The van der Waals surface area contributed by atoms with E-state index in [2.05, 4.69) is 31.2 Å². The molecule has 1 aliphatic rings. The van der Waals surface area contributed by atoms with Gasteiger partial charge in [-0.3, -0.25) is 4.90 Å². The first-order valence-electron chi connectivity index (χ1n) is 6.66. The van der Waals surface area contributed by atoms with Crippen molar-refractivity contribution in [1.29, 1.82) is 0 Å². The van der Waals surface area contributed by atoms with Crippen molar-refractivity contribution in [3.05, 3.63) is 64.7 Å². The molecule has 0 bridgehead atoms. The Bertz CT molecular complexity index is 709. The summed E-state index contributed by atoms with van der Waals surface area (Å²) in [5, 5.41) is 1.12. The first-order valence-corrected chi connectivity index (χ1v) is 7.45. The molecular weight excluding hydrogens is 302 g/mol. The van der Waals surface area contributed by atoms with E-state index in [0.29, 0.717) is 22.5 Å². The van der Waals surface area contributed by atoms with Crippen molar-refractivity contribution < 1.29 is 4.74 Å². The molecule has 1 aliphatic heterocycles. The highest BCUT2D eigenvalue weighted by atomic mass is 35.5. The van der Waals surface area contributed by atoms with Crippen LogP contribution in [0.1, 0.15) is 11.1 Å². The third-order valence-electron chi connectivity index (χ3n) is 3.36. The molecule has 106 valence electrons. The van der Waals surface area contributed by atoms with E-state index in [1.54, 1.807) is 12.1 Å². The Labute approximate surface area is 134 Å². The van der Waals surface area contributed by atoms with Crippen LogP contribution < -0.4 is 9.64 Å². The quantitative estimate of drug-likeness (QED) is 0.698. The van der Waals surface area contributed by atoms with E-state index >= 15 is 0 Å². The van der Waals surface area contributed by atoms with E-state index in [0.717, 1.165) is 11.3 Å². The predicted octanol–water partition coefficient (Wildman–Crippen LogP) is 4.85. The smallest absolute Gasteiger partial charge is 0.269 e. The minimum Gasteiger partial charge on any atom is -0.432 e. The average Bonchev–Trinajstić information content (AvgIpc) is 2.49. The fraction of sp³-hybridized carbons (Fsp3) is 0.118. The highest BCUT2D eigenvalue weighted by Gasteiger charge is 2.20. The molecule has 0 atom stereocenters. The van der Waals surface area contributed by atoms with Gasteiger partial charge in [-0.2, -0.15) is 0 Å². The number of para-hydroxylation sites is 1. The SMILES string of the molecule is Cc1cccc2c1N(C(=S)Oc1ccc(Cl)cc1)CC=C2. The number of aryl methyl sites for hydroxylation is 1. The van der Waals surface area contributed by atoms with Crippen LogP contribution >= 0.6 is 23.8 Å². The molecule has 0 radical (unpaired) electrons. The molecule has 1 heterocycles. The molecule has 2 aromatic rings. The minimum atomic E-state index is 0.442. The van der Waals surface area contributed by atoms with Crippen LogP contribution in [0, 0.1) is 6.92 Å². The van der Waals surface area contributed by atoms with Gasteiger partial charge in [0.05, 0.1) is 5.69 Å². The standard InChI is InChI=1S/C17H14ClNOS/c1-12-4-2-5-13-6-3-11-19(16(12)13)17(21)20-15-9-7-14(18)8-10-15/h2-10H,11H2,1H3. The van der Waals surface area contributed by atoms with E-state index in [1.807, 2.05) is 23.1 Å². The average molecular weight is 316 g/mol. The number of thiocarbonyl (C=S) groups is 1. The molecule has 0 aliphatic carbocycles. The van der Waals surface area contributed by atoms with Crippen LogP contribution in [0.4, 0.5) is 5.69 Å². The number of fused-ring (bicyclic) bond motifs is 1. The highest BCUT2D eigenvalue weighted by Crippen LogP contribution is 2.30. The van der Waals surface area contributed by atoms with Gasteiger partial charge in [-0.1, -0.05) is 42.0 Å². The van der Waals surface area contributed by atoms with Crippen molar-refractivity contribution in [2.45, 2.75) is 6.92 Å². The largest absolute Gasteiger partial charge is 0.432 e. The summed E-state index contributed by atoms with van der Waals surface area (Å²) < 4.78 is 5.79. The van der Waals surface area contributed by atoms with E-state index in [4.69, 9.17) is 28.6 Å². The third-order valence-corrected chi connectivity index (χ3v) is 3.92. The summed E-state index contributed by atoms with van der Waals surface area (Å²) in [5.41, 5.74) is 3.45. The predicted molar refractivity (Wildman–Crippen MR) is 92.2 cm³/mol. The van der Waals surface area contributed by atoms with Crippen molar-refractivity contribution >= 4 is 40.8 Å². The van der Waals surface area contributed by atoms with Gasteiger partial charge >= 0.3 is 0 Å². The van der Waals surface area contributed by atoms with Crippen LogP contribution in [0.5, 0.6) is 5.75 Å². The molecule has 2 aromatic carbocycles. The third kappa shape index (κ3) is 2.94. The molecule has 0 spiro atoms. The van der Waals surface area contributed by atoms with Crippen LogP contribution in [-0.2, 0) is 0 Å². The second kappa shape index (κ2) is 5.88. The van der Waals surface area contributed by atoms with Gasteiger partial charge in [0.25, 0.3) is 5.17 Å². The van der Waals surface area contributed by atoms with E-state index in [1.165, 1.54) is 5.56 Å². The zero-order valence-electron chi connectivity index (χ0n) is 11.5. The summed E-state index contributed by atoms with van der Waals surface area (Å²) in [4.78, 5) is 2.01. The molecule has 2 nitrogen and oxygen atoms in total. The molecule has 0 amide bonds. The van der Waals surface area contributed by atoms with Crippen molar-refractivity contribution in [2.75, 3.05) is 11.4 Å². The molecule has 21 heavy (non-hydrogen) atoms. The zero-order chi connectivity index (χ0) is 14.8. The van der Waals surface area contributed by atoms with Gasteiger partial charge in [0, 0.05) is 11.6 Å². The molecule has 0 unspecified atom stereocenters. The van der Waals surface area contributed by atoms with Crippen molar-refractivity contribution in [3.8, 4) is 5.75 Å². The van der Waals surface area contributed by atoms with Gasteiger partial charge in [-0.05, 0) is 54.5 Å². The van der Waals surface area contributed by atoms with Gasteiger partial charge in [0.15, 0.2) is 0 Å². The number of benzene rings is 2.